The zero-order chi connectivity index (χ0) is 16.9. The van der Waals surface area contributed by atoms with Crippen molar-refractivity contribution >= 4 is 15.7 Å². The summed E-state index contributed by atoms with van der Waals surface area (Å²) in [5.74, 6) is -0.462. The van der Waals surface area contributed by atoms with Crippen LogP contribution in [0.2, 0.25) is 0 Å². The Balaban J connectivity index is 2.04. The summed E-state index contributed by atoms with van der Waals surface area (Å²) < 4.78 is 39.7. The summed E-state index contributed by atoms with van der Waals surface area (Å²) in [6.07, 6.45) is 0. The van der Waals surface area contributed by atoms with Gasteiger partial charge in [-0.15, -0.1) is 0 Å². The van der Waals surface area contributed by atoms with E-state index in [1.54, 1.807) is 0 Å². The molecule has 0 aliphatic rings. The molecule has 0 bridgehead atoms. The van der Waals surface area contributed by atoms with Crippen LogP contribution in [0.3, 0.4) is 0 Å². The second-order valence-electron chi connectivity index (χ2n) is 5.12. The first kappa shape index (κ1) is 17.4. The van der Waals surface area contributed by atoms with Gasteiger partial charge in [0.05, 0.1) is 4.90 Å². The normalized spacial score (nSPS) is 11.4. The van der Waals surface area contributed by atoms with Gasteiger partial charge in [0.25, 0.3) is 0 Å². The summed E-state index contributed by atoms with van der Waals surface area (Å²) in [4.78, 5) is 2.27. The van der Waals surface area contributed by atoms with Gasteiger partial charge < -0.3 is 4.90 Å². The molecule has 0 amide bonds. The van der Waals surface area contributed by atoms with E-state index in [1.165, 1.54) is 12.1 Å². The quantitative estimate of drug-likeness (QED) is 0.845. The smallest absolute Gasteiger partial charge is 0.240 e. The van der Waals surface area contributed by atoms with Crippen molar-refractivity contribution in [2.75, 3.05) is 18.0 Å². The zero-order valence-corrected chi connectivity index (χ0v) is 14.1. The maximum atomic E-state index is 12.9. The van der Waals surface area contributed by atoms with E-state index in [9.17, 15) is 12.8 Å². The number of hydrogen-bond donors (Lipinski definition) is 1. The lowest BCUT2D eigenvalue weighted by Gasteiger charge is -2.21. The third-order valence-electron chi connectivity index (χ3n) is 3.66. The lowest BCUT2D eigenvalue weighted by atomic mass is 10.2. The zero-order valence-electron chi connectivity index (χ0n) is 13.3. The van der Waals surface area contributed by atoms with Gasteiger partial charge in [-0.05, 0) is 55.8 Å². The molecule has 0 spiro atoms. The Labute approximate surface area is 137 Å². The summed E-state index contributed by atoms with van der Waals surface area (Å²) in [5.41, 5.74) is 1.98. The van der Waals surface area contributed by atoms with Crippen LogP contribution in [0, 0.1) is 5.82 Å². The number of benzene rings is 2. The number of anilines is 1. The first-order valence-electron chi connectivity index (χ1n) is 7.55. The molecule has 0 aliphatic carbocycles. The maximum absolute atomic E-state index is 12.9. The van der Waals surface area contributed by atoms with Crippen LogP contribution in [-0.4, -0.2) is 21.5 Å². The van der Waals surface area contributed by atoms with Crippen molar-refractivity contribution in [1.82, 2.24) is 4.72 Å². The highest BCUT2D eigenvalue weighted by molar-refractivity contribution is 7.89. The van der Waals surface area contributed by atoms with Crippen molar-refractivity contribution in [1.29, 1.82) is 0 Å². The SMILES string of the molecule is CCN(CC)c1ccc(CNS(=O)(=O)c2ccc(F)cc2)cc1. The van der Waals surface area contributed by atoms with E-state index in [1.807, 2.05) is 24.3 Å². The van der Waals surface area contributed by atoms with E-state index in [4.69, 9.17) is 0 Å². The molecular formula is C17H21FN2O2S. The van der Waals surface area contributed by atoms with Crippen LogP contribution in [0.4, 0.5) is 10.1 Å². The Morgan fingerprint density at radius 2 is 1.52 bits per heavy atom. The van der Waals surface area contributed by atoms with Crippen LogP contribution < -0.4 is 9.62 Å². The van der Waals surface area contributed by atoms with Crippen LogP contribution in [0.1, 0.15) is 19.4 Å². The van der Waals surface area contributed by atoms with Crippen molar-refractivity contribution < 1.29 is 12.8 Å². The van der Waals surface area contributed by atoms with Crippen molar-refractivity contribution in [2.45, 2.75) is 25.3 Å². The number of halogens is 1. The monoisotopic (exact) mass is 336 g/mol. The van der Waals surface area contributed by atoms with E-state index in [0.29, 0.717) is 0 Å². The molecule has 1 N–H and O–H groups in total. The predicted molar refractivity (Wildman–Crippen MR) is 90.4 cm³/mol. The standard InChI is InChI=1S/C17H21FN2O2S/c1-3-20(4-2)16-9-5-14(6-10-16)13-19-23(21,22)17-11-7-15(18)8-12-17/h5-12,19H,3-4,13H2,1-2H3. The minimum Gasteiger partial charge on any atom is -0.372 e. The van der Waals surface area contributed by atoms with Crippen LogP contribution in [0.15, 0.2) is 53.4 Å². The minimum absolute atomic E-state index is 0.0543. The van der Waals surface area contributed by atoms with Gasteiger partial charge in [-0.3, -0.25) is 0 Å². The molecule has 6 heteroatoms. The van der Waals surface area contributed by atoms with Gasteiger partial charge in [0.1, 0.15) is 5.82 Å². The van der Waals surface area contributed by atoms with E-state index in [-0.39, 0.29) is 11.4 Å². The number of sulfonamides is 1. The van der Waals surface area contributed by atoms with Gasteiger partial charge in [-0.25, -0.2) is 17.5 Å². The van der Waals surface area contributed by atoms with E-state index in [0.717, 1.165) is 36.5 Å². The molecule has 2 aromatic carbocycles. The summed E-state index contributed by atoms with van der Waals surface area (Å²) in [6, 6.07) is 12.5. The fraction of sp³-hybridized carbons (Fsp3) is 0.294. The van der Waals surface area contributed by atoms with Gasteiger partial charge in [0, 0.05) is 25.3 Å². The van der Waals surface area contributed by atoms with Crippen molar-refractivity contribution in [3.05, 3.63) is 59.9 Å². The largest absolute Gasteiger partial charge is 0.372 e. The highest BCUT2D eigenvalue weighted by Gasteiger charge is 2.13. The minimum atomic E-state index is -3.64. The van der Waals surface area contributed by atoms with E-state index >= 15 is 0 Å². The van der Waals surface area contributed by atoms with Crippen LogP contribution in [-0.2, 0) is 16.6 Å². The van der Waals surface area contributed by atoms with Crippen LogP contribution in [0.25, 0.3) is 0 Å². The Morgan fingerprint density at radius 3 is 2.04 bits per heavy atom. The molecule has 2 rings (SSSR count). The van der Waals surface area contributed by atoms with Crippen molar-refractivity contribution in [3.8, 4) is 0 Å². The molecule has 0 unspecified atom stereocenters. The average Bonchev–Trinajstić information content (AvgIpc) is 2.56. The average molecular weight is 336 g/mol. The van der Waals surface area contributed by atoms with Gasteiger partial charge >= 0.3 is 0 Å². The number of nitrogens with one attached hydrogen (secondary N) is 1. The third kappa shape index (κ3) is 4.53. The highest BCUT2D eigenvalue weighted by Crippen LogP contribution is 2.16. The summed E-state index contributed by atoms with van der Waals surface area (Å²) >= 11 is 0. The van der Waals surface area contributed by atoms with Gasteiger partial charge in [-0.2, -0.15) is 0 Å². The van der Waals surface area contributed by atoms with Gasteiger partial charge in [-0.1, -0.05) is 12.1 Å². The lowest BCUT2D eigenvalue weighted by Crippen LogP contribution is -2.23. The second-order valence-corrected chi connectivity index (χ2v) is 6.88. The number of nitrogens with zero attached hydrogens (tertiary/aromatic N) is 1. The molecule has 0 heterocycles. The Morgan fingerprint density at radius 1 is 0.957 bits per heavy atom. The molecule has 2 aromatic rings. The molecule has 0 fully saturated rings. The second kappa shape index (κ2) is 7.57. The van der Waals surface area contributed by atoms with Crippen molar-refractivity contribution in [2.24, 2.45) is 0 Å². The first-order valence-corrected chi connectivity index (χ1v) is 9.03. The molecule has 4 nitrogen and oxygen atoms in total. The molecule has 0 saturated heterocycles. The van der Waals surface area contributed by atoms with Gasteiger partial charge in [0.15, 0.2) is 0 Å². The molecule has 23 heavy (non-hydrogen) atoms. The Kier molecular flexibility index (Phi) is 5.74. The number of hydrogen-bond acceptors (Lipinski definition) is 3. The van der Waals surface area contributed by atoms with Crippen LogP contribution in [0.5, 0.6) is 0 Å². The fourth-order valence-electron chi connectivity index (χ4n) is 2.29. The molecule has 0 aliphatic heterocycles. The fourth-order valence-corrected chi connectivity index (χ4v) is 3.31. The first-order chi connectivity index (χ1) is 11.0. The molecular weight excluding hydrogens is 315 g/mol. The number of rotatable bonds is 7. The molecule has 0 saturated carbocycles. The maximum Gasteiger partial charge on any atom is 0.240 e. The molecule has 124 valence electrons. The predicted octanol–water partition coefficient (Wildman–Crippen LogP) is 3.15. The van der Waals surface area contributed by atoms with Gasteiger partial charge in [0.2, 0.25) is 10.0 Å². The summed E-state index contributed by atoms with van der Waals surface area (Å²) in [6.45, 7) is 6.22. The third-order valence-corrected chi connectivity index (χ3v) is 5.07. The highest BCUT2D eigenvalue weighted by atomic mass is 32.2. The van der Waals surface area contributed by atoms with Crippen LogP contribution >= 0.6 is 0 Å². The molecule has 0 radical (unpaired) electrons. The summed E-state index contributed by atoms with van der Waals surface area (Å²) in [5, 5.41) is 0. The molecule has 0 atom stereocenters. The van der Waals surface area contributed by atoms with E-state index < -0.39 is 15.8 Å². The molecule has 0 aromatic heterocycles. The lowest BCUT2D eigenvalue weighted by molar-refractivity contribution is 0.580. The summed E-state index contributed by atoms with van der Waals surface area (Å²) in [7, 11) is -3.64. The Hall–Kier alpha value is -1.92. The van der Waals surface area contributed by atoms with Crippen molar-refractivity contribution in [3.63, 3.8) is 0 Å². The topological polar surface area (TPSA) is 49.4 Å². The Bertz CT molecular complexity index is 724. The van der Waals surface area contributed by atoms with E-state index in [2.05, 4.69) is 23.5 Å².